The molecule has 0 spiro atoms. The highest BCUT2D eigenvalue weighted by Gasteiger charge is 2.29. The quantitative estimate of drug-likeness (QED) is 0.664. The molecule has 2 atom stereocenters. The zero-order chi connectivity index (χ0) is 11.9. The number of hydrogen-bond donors (Lipinski definition) is 2. The molecule has 2 heterocycles. The standard InChI is InChI=1S/C10H9BrO3S2/c1-5(10(13)14)16-3-2-6-8(16)7(4-12)15-9(6)11/h2-5,16H,1H3,(H,13,14). The van der Waals surface area contributed by atoms with Gasteiger partial charge in [-0.3, -0.25) is 9.59 Å². The van der Waals surface area contributed by atoms with Crippen LogP contribution in [0.3, 0.4) is 0 Å². The molecule has 1 aliphatic rings. The fourth-order valence-electron chi connectivity index (χ4n) is 1.59. The molecular formula is C10H9BrO3S2. The summed E-state index contributed by atoms with van der Waals surface area (Å²) < 4.78 is 0.906. The monoisotopic (exact) mass is 320 g/mol. The van der Waals surface area contributed by atoms with Gasteiger partial charge in [0, 0.05) is 10.5 Å². The SMILES string of the molecule is CC(C(=O)O)[SH]1C=Cc2c(Br)sc(C=O)c21. The van der Waals surface area contributed by atoms with Crippen LogP contribution >= 0.6 is 38.2 Å². The molecule has 6 heteroatoms. The number of rotatable bonds is 3. The van der Waals surface area contributed by atoms with E-state index in [1.165, 1.54) is 11.3 Å². The van der Waals surface area contributed by atoms with E-state index >= 15 is 0 Å². The average molecular weight is 321 g/mol. The lowest BCUT2D eigenvalue weighted by Crippen LogP contribution is -2.15. The molecule has 1 N–H and O–H groups in total. The maximum atomic E-state index is 11.0. The lowest BCUT2D eigenvalue weighted by atomic mass is 10.3. The van der Waals surface area contributed by atoms with E-state index in [1.54, 1.807) is 6.92 Å². The molecule has 0 radical (unpaired) electrons. The van der Waals surface area contributed by atoms with Gasteiger partial charge in [-0.15, -0.1) is 11.3 Å². The fourth-order valence-corrected chi connectivity index (χ4v) is 5.96. The van der Waals surface area contributed by atoms with Crippen molar-refractivity contribution in [2.24, 2.45) is 0 Å². The lowest BCUT2D eigenvalue weighted by molar-refractivity contribution is -0.136. The maximum absolute atomic E-state index is 11.0. The van der Waals surface area contributed by atoms with Gasteiger partial charge in [-0.2, -0.15) is 10.9 Å². The molecule has 0 fully saturated rings. The number of carboxylic acid groups (broad SMARTS) is 1. The predicted molar refractivity (Wildman–Crippen MR) is 70.8 cm³/mol. The van der Waals surface area contributed by atoms with E-state index in [9.17, 15) is 9.59 Å². The molecular weight excluding hydrogens is 312 g/mol. The van der Waals surface area contributed by atoms with Crippen molar-refractivity contribution in [1.82, 2.24) is 0 Å². The number of carboxylic acids is 1. The van der Waals surface area contributed by atoms with Crippen molar-refractivity contribution in [3.05, 3.63) is 19.6 Å². The number of aldehydes is 1. The van der Waals surface area contributed by atoms with E-state index in [4.69, 9.17) is 5.11 Å². The Morgan fingerprint density at radius 2 is 2.38 bits per heavy atom. The van der Waals surface area contributed by atoms with E-state index in [0.29, 0.717) is 4.88 Å². The second kappa shape index (κ2) is 4.35. The first-order valence-corrected chi connectivity index (χ1v) is 7.62. The molecule has 0 saturated carbocycles. The van der Waals surface area contributed by atoms with Crippen LogP contribution in [-0.4, -0.2) is 22.6 Å². The zero-order valence-corrected chi connectivity index (χ0v) is 11.6. The van der Waals surface area contributed by atoms with Gasteiger partial charge >= 0.3 is 5.97 Å². The first-order valence-electron chi connectivity index (χ1n) is 4.53. The zero-order valence-electron chi connectivity index (χ0n) is 8.31. The van der Waals surface area contributed by atoms with Crippen molar-refractivity contribution in [2.75, 3.05) is 0 Å². The smallest absolute Gasteiger partial charge is 0.315 e. The number of halogens is 1. The van der Waals surface area contributed by atoms with Gasteiger partial charge in [0.2, 0.25) is 0 Å². The summed E-state index contributed by atoms with van der Waals surface area (Å²) in [5, 5.41) is 10.5. The Bertz CT molecular complexity index is 492. The number of thiophene rings is 1. The highest BCUT2D eigenvalue weighted by Crippen LogP contribution is 2.55. The van der Waals surface area contributed by atoms with Gasteiger partial charge in [0.05, 0.1) is 13.9 Å². The Hall–Kier alpha value is -0.590. The number of aliphatic carboxylic acids is 1. The van der Waals surface area contributed by atoms with Crippen LogP contribution in [0, 0.1) is 0 Å². The van der Waals surface area contributed by atoms with Crippen LogP contribution in [0.5, 0.6) is 0 Å². The van der Waals surface area contributed by atoms with E-state index in [0.717, 1.165) is 20.5 Å². The molecule has 0 bridgehead atoms. The molecule has 3 nitrogen and oxygen atoms in total. The number of fused-ring (bicyclic) bond motifs is 1. The molecule has 0 aliphatic carbocycles. The highest BCUT2D eigenvalue weighted by molar-refractivity contribution is 9.11. The van der Waals surface area contributed by atoms with Crippen LogP contribution in [0.4, 0.5) is 0 Å². The summed E-state index contributed by atoms with van der Waals surface area (Å²) in [6, 6.07) is 0. The van der Waals surface area contributed by atoms with Gasteiger partial charge in [0.1, 0.15) is 0 Å². The van der Waals surface area contributed by atoms with Gasteiger partial charge in [0.25, 0.3) is 0 Å². The molecule has 0 saturated heterocycles. The van der Waals surface area contributed by atoms with E-state index in [2.05, 4.69) is 15.9 Å². The number of hydrogen-bond acceptors (Lipinski definition) is 3. The van der Waals surface area contributed by atoms with Gasteiger partial charge < -0.3 is 5.11 Å². The normalized spacial score (nSPS) is 21.8. The highest BCUT2D eigenvalue weighted by atomic mass is 79.9. The Kier molecular flexibility index (Phi) is 3.23. The third kappa shape index (κ3) is 1.74. The summed E-state index contributed by atoms with van der Waals surface area (Å²) in [4.78, 5) is 23.5. The van der Waals surface area contributed by atoms with Crippen molar-refractivity contribution in [1.29, 1.82) is 0 Å². The second-order valence-corrected chi connectivity index (χ2v) is 8.06. The molecule has 2 unspecified atom stereocenters. The van der Waals surface area contributed by atoms with Crippen molar-refractivity contribution in [2.45, 2.75) is 17.1 Å². The maximum Gasteiger partial charge on any atom is 0.315 e. The average Bonchev–Trinajstić information content (AvgIpc) is 2.79. The minimum atomic E-state index is -0.898. The van der Waals surface area contributed by atoms with Crippen molar-refractivity contribution in [3.63, 3.8) is 0 Å². The topological polar surface area (TPSA) is 54.4 Å². The largest absolute Gasteiger partial charge is 0.480 e. The van der Waals surface area contributed by atoms with E-state index < -0.39 is 22.1 Å². The summed E-state index contributed by atoms with van der Waals surface area (Å²) in [7, 11) is -0.898. The number of carbonyl (C=O) groups is 2. The van der Waals surface area contributed by atoms with Crippen LogP contribution < -0.4 is 0 Å². The Morgan fingerprint density at radius 1 is 1.69 bits per heavy atom. The van der Waals surface area contributed by atoms with Crippen LogP contribution in [0.2, 0.25) is 0 Å². The van der Waals surface area contributed by atoms with E-state index in [-0.39, 0.29) is 0 Å². The molecule has 86 valence electrons. The van der Waals surface area contributed by atoms with Gasteiger partial charge in [0.15, 0.2) is 6.29 Å². The molecule has 16 heavy (non-hydrogen) atoms. The number of carbonyl (C=O) groups excluding carboxylic acids is 1. The summed E-state index contributed by atoms with van der Waals surface area (Å²) >= 11 is 4.76. The minimum absolute atomic E-state index is 0.451. The molecule has 2 rings (SSSR count). The van der Waals surface area contributed by atoms with Crippen molar-refractivity contribution >= 4 is 56.5 Å². The molecule has 1 aliphatic heterocycles. The van der Waals surface area contributed by atoms with Crippen LogP contribution in [0.15, 0.2) is 14.1 Å². The predicted octanol–water partition coefficient (Wildman–Crippen LogP) is 3.14. The first-order chi connectivity index (χ1) is 7.56. The van der Waals surface area contributed by atoms with Crippen molar-refractivity contribution in [3.8, 4) is 0 Å². The van der Waals surface area contributed by atoms with Crippen LogP contribution in [0.25, 0.3) is 6.08 Å². The summed E-state index contributed by atoms with van der Waals surface area (Å²) in [5.74, 6) is -0.817. The molecule has 0 amide bonds. The molecule has 1 aromatic heterocycles. The molecule has 1 aromatic rings. The second-order valence-electron chi connectivity index (χ2n) is 3.36. The third-order valence-electron chi connectivity index (χ3n) is 2.44. The summed E-state index contributed by atoms with van der Waals surface area (Å²) in [6.45, 7) is 1.69. The van der Waals surface area contributed by atoms with Crippen LogP contribution in [0.1, 0.15) is 22.2 Å². The minimum Gasteiger partial charge on any atom is -0.480 e. The number of thiol groups is 1. The Morgan fingerprint density at radius 3 is 2.94 bits per heavy atom. The fraction of sp³-hybridized carbons (Fsp3) is 0.200. The lowest BCUT2D eigenvalue weighted by Gasteiger charge is -2.19. The molecule has 0 aromatic carbocycles. The first kappa shape index (κ1) is 11.9. The summed E-state index contributed by atoms with van der Waals surface area (Å²) in [5.41, 5.74) is 0.978. The van der Waals surface area contributed by atoms with Crippen molar-refractivity contribution < 1.29 is 14.7 Å². The Labute approximate surface area is 108 Å². The summed E-state index contributed by atoms with van der Waals surface area (Å²) in [6.07, 6.45) is 2.72. The van der Waals surface area contributed by atoms with E-state index in [1.807, 2.05) is 11.5 Å². The van der Waals surface area contributed by atoms with Crippen LogP contribution in [-0.2, 0) is 4.79 Å². The van der Waals surface area contributed by atoms with Gasteiger partial charge in [-0.1, -0.05) is 0 Å². The van der Waals surface area contributed by atoms with Gasteiger partial charge in [-0.05, 0) is 34.3 Å². The van der Waals surface area contributed by atoms with Gasteiger partial charge in [-0.25, -0.2) is 0 Å². The third-order valence-corrected chi connectivity index (χ3v) is 6.95. The Balaban J connectivity index is 2.49.